The standard InChI is InChI=1S/C17H27N5O2/c1-19(2)15(23)12-22-9-6-17(16(22)24)5-4-8-21(13-17)11-14-18-7-10-20(14)3/h7,10H,4-6,8-9,11-13H2,1-3H3. The van der Waals surface area contributed by atoms with Crippen LogP contribution in [0, 0.1) is 5.41 Å². The fourth-order valence-corrected chi connectivity index (χ4v) is 3.84. The highest BCUT2D eigenvalue weighted by Crippen LogP contribution is 2.40. The molecule has 2 fully saturated rings. The Morgan fingerprint density at radius 1 is 1.33 bits per heavy atom. The van der Waals surface area contributed by atoms with Gasteiger partial charge in [0.1, 0.15) is 5.82 Å². The normalized spacial score (nSPS) is 24.8. The Morgan fingerprint density at radius 3 is 2.79 bits per heavy atom. The van der Waals surface area contributed by atoms with Crippen molar-refractivity contribution in [2.45, 2.75) is 25.8 Å². The van der Waals surface area contributed by atoms with Gasteiger partial charge in [-0.25, -0.2) is 4.98 Å². The van der Waals surface area contributed by atoms with Gasteiger partial charge in [-0.2, -0.15) is 0 Å². The van der Waals surface area contributed by atoms with Crippen molar-refractivity contribution in [2.24, 2.45) is 12.5 Å². The summed E-state index contributed by atoms with van der Waals surface area (Å²) in [6, 6.07) is 0. The summed E-state index contributed by atoms with van der Waals surface area (Å²) in [6.07, 6.45) is 6.56. The Morgan fingerprint density at radius 2 is 2.12 bits per heavy atom. The third kappa shape index (κ3) is 3.17. The highest BCUT2D eigenvalue weighted by molar-refractivity contribution is 5.89. The molecule has 1 aromatic heterocycles. The molecular weight excluding hydrogens is 306 g/mol. The molecule has 3 rings (SSSR count). The van der Waals surface area contributed by atoms with Crippen LogP contribution < -0.4 is 0 Å². The molecule has 3 heterocycles. The molecule has 0 bridgehead atoms. The summed E-state index contributed by atoms with van der Waals surface area (Å²) in [7, 11) is 5.46. The molecule has 132 valence electrons. The minimum atomic E-state index is -0.310. The van der Waals surface area contributed by atoms with Crippen LogP contribution in [-0.4, -0.2) is 76.3 Å². The predicted molar refractivity (Wildman–Crippen MR) is 90.0 cm³/mol. The third-order valence-electron chi connectivity index (χ3n) is 5.37. The number of nitrogens with zero attached hydrogens (tertiary/aromatic N) is 5. The lowest BCUT2D eigenvalue weighted by Gasteiger charge is -2.38. The monoisotopic (exact) mass is 333 g/mol. The number of likely N-dealkylation sites (N-methyl/N-ethyl adjacent to an activating group) is 1. The minimum Gasteiger partial charge on any atom is -0.347 e. The second kappa shape index (κ2) is 6.55. The zero-order valence-electron chi connectivity index (χ0n) is 14.9. The van der Waals surface area contributed by atoms with Gasteiger partial charge in [0.2, 0.25) is 11.8 Å². The Balaban J connectivity index is 1.66. The van der Waals surface area contributed by atoms with Gasteiger partial charge in [-0.3, -0.25) is 14.5 Å². The quantitative estimate of drug-likeness (QED) is 0.796. The van der Waals surface area contributed by atoms with Gasteiger partial charge in [-0.05, 0) is 25.8 Å². The maximum atomic E-state index is 13.0. The summed E-state index contributed by atoms with van der Waals surface area (Å²) in [5, 5.41) is 0. The molecule has 2 saturated heterocycles. The lowest BCUT2D eigenvalue weighted by Crippen LogP contribution is -2.48. The molecular formula is C17H27N5O2. The molecule has 2 aliphatic rings. The number of amides is 2. The first kappa shape index (κ1) is 17.0. The molecule has 7 heteroatoms. The molecule has 1 aromatic rings. The van der Waals surface area contributed by atoms with Crippen molar-refractivity contribution in [3.8, 4) is 0 Å². The first-order valence-electron chi connectivity index (χ1n) is 8.59. The number of carbonyl (C=O) groups is 2. The number of aryl methyl sites for hydroxylation is 1. The van der Waals surface area contributed by atoms with E-state index >= 15 is 0 Å². The maximum absolute atomic E-state index is 13.0. The molecule has 2 aliphatic heterocycles. The van der Waals surface area contributed by atoms with Crippen LogP contribution in [0.3, 0.4) is 0 Å². The Hall–Kier alpha value is -1.89. The maximum Gasteiger partial charge on any atom is 0.241 e. The highest BCUT2D eigenvalue weighted by Gasteiger charge is 2.49. The van der Waals surface area contributed by atoms with Crippen LogP contribution in [0.4, 0.5) is 0 Å². The fraction of sp³-hybridized carbons (Fsp3) is 0.706. The van der Waals surface area contributed by atoms with E-state index in [1.807, 2.05) is 24.0 Å². The third-order valence-corrected chi connectivity index (χ3v) is 5.37. The van der Waals surface area contributed by atoms with Crippen molar-refractivity contribution in [2.75, 3.05) is 40.3 Å². The van der Waals surface area contributed by atoms with Crippen LogP contribution in [0.25, 0.3) is 0 Å². The Kier molecular flexibility index (Phi) is 4.62. The summed E-state index contributed by atoms with van der Waals surface area (Å²) in [4.78, 5) is 34.9. The number of hydrogen-bond acceptors (Lipinski definition) is 4. The largest absolute Gasteiger partial charge is 0.347 e. The molecule has 0 aliphatic carbocycles. The van der Waals surface area contributed by atoms with Gasteiger partial charge in [0.15, 0.2) is 0 Å². The average Bonchev–Trinajstić information content (AvgIpc) is 3.07. The minimum absolute atomic E-state index is 0.0129. The molecule has 7 nitrogen and oxygen atoms in total. The first-order valence-corrected chi connectivity index (χ1v) is 8.59. The lowest BCUT2D eigenvalue weighted by atomic mass is 9.78. The summed E-state index contributed by atoms with van der Waals surface area (Å²) in [5.41, 5.74) is -0.310. The predicted octanol–water partition coefficient (Wildman–Crippen LogP) is 0.323. The Bertz CT molecular complexity index is 626. The van der Waals surface area contributed by atoms with Gasteiger partial charge in [-0.15, -0.1) is 0 Å². The van der Waals surface area contributed by atoms with Crippen LogP contribution >= 0.6 is 0 Å². The van der Waals surface area contributed by atoms with E-state index in [1.165, 1.54) is 0 Å². The van der Waals surface area contributed by atoms with Crippen molar-refractivity contribution < 1.29 is 9.59 Å². The van der Waals surface area contributed by atoms with Crippen LogP contribution in [0.15, 0.2) is 12.4 Å². The number of carbonyl (C=O) groups excluding carboxylic acids is 2. The molecule has 0 radical (unpaired) electrons. The number of hydrogen-bond donors (Lipinski definition) is 0. The van der Waals surface area contributed by atoms with E-state index in [9.17, 15) is 9.59 Å². The van der Waals surface area contributed by atoms with E-state index in [0.29, 0.717) is 6.54 Å². The Labute approximate surface area is 143 Å². The molecule has 1 unspecified atom stereocenters. The molecule has 1 spiro atoms. The van der Waals surface area contributed by atoms with Crippen LogP contribution in [-0.2, 0) is 23.2 Å². The number of imidazole rings is 1. The van der Waals surface area contributed by atoms with Gasteiger partial charge in [0, 0.05) is 46.6 Å². The van der Waals surface area contributed by atoms with Gasteiger partial charge in [0.25, 0.3) is 0 Å². The molecule has 0 N–H and O–H groups in total. The lowest BCUT2D eigenvalue weighted by molar-refractivity contribution is -0.143. The van der Waals surface area contributed by atoms with Crippen LogP contribution in [0.5, 0.6) is 0 Å². The SMILES string of the molecule is CN(C)C(=O)CN1CCC2(CCCN(Cc3nccn3C)C2)C1=O. The van der Waals surface area contributed by atoms with E-state index in [2.05, 4.69) is 9.88 Å². The number of piperidine rings is 1. The number of likely N-dealkylation sites (tertiary alicyclic amines) is 2. The summed E-state index contributed by atoms with van der Waals surface area (Å²) >= 11 is 0. The molecule has 0 aromatic carbocycles. The van der Waals surface area contributed by atoms with E-state index in [0.717, 1.165) is 44.7 Å². The summed E-state index contributed by atoms with van der Waals surface area (Å²) in [5.74, 6) is 1.17. The smallest absolute Gasteiger partial charge is 0.241 e. The zero-order valence-corrected chi connectivity index (χ0v) is 14.9. The van der Waals surface area contributed by atoms with Crippen LogP contribution in [0.2, 0.25) is 0 Å². The van der Waals surface area contributed by atoms with Gasteiger partial charge in [0.05, 0.1) is 18.5 Å². The topological polar surface area (TPSA) is 61.7 Å². The first-order chi connectivity index (χ1) is 11.4. The van der Waals surface area contributed by atoms with E-state index in [4.69, 9.17) is 0 Å². The van der Waals surface area contributed by atoms with Gasteiger partial charge >= 0.3 is 0 Å². The molecule has 24 heavy (non-hydrogen) atoms. The molecule has 1 atom stereocenters. The van der Waals surface area contributed by atoms with E-state index < -0.39 is 0 Å². The number of rotatable bonds is 4. The van der Waals surface area contributed by atoms with Crippen molar-refractivity contribution in [3.05, 3.63) is 18.2 Å². The van der Waals surface area contributed by atoms with Gasteiger partial charge in [-0.1, -0.05) is 0 Å². The van der Waals surface area contributed by atoms with Crippen molar-refractivity contribution in [3.63, 3.8) is 0 Å². The zero-order chi connectivity index (χ0) is 17.3. The second-order valence-electron chi connectivity index (χ2n) is 7.31. The van der Waals surface area contributed by atoms with Crippen LogP contribution in [0.1, 0.15) is 25.1 Å². The van der Waals surface area contributed by atoms with Gasteiger partial charge < -0.3 is 14.4 Å². The van der Waals surface area contributed by atoms with E-state index in [1.54, 1.807) is 23.9 Å². The summed E-state index contributed by atoms with van der Waals surface area (Å²) in [6.45, 7) is 3.43. The molecule has 2 amide bonds. The fourth-order valence-electron chi connectivity index (χ4n) is 3.84. The summed E-state index contributed by atoms with van der Waals surface area (Å²) < 4.78 is 2.03. The molecule has 0 saturated carbocycles. The van der Waals surface area contributed by atoms with E-state index in [-0.39, 0.29) is 23.8 Å². The second-order valence-corrected chi connectivity index (χ2v) is 7.31. The van der Waals surface area contributed by atoms with Crippen molar-refractivity contribution in [1.29, 1.82) is 0 Å². The average molecular weight is 333 g/mol. The van der Waals surface area contributed by atoms with Crippen molar-refractivity contribution >= 4 is 11.8 Å². The highest BCUT2D eigenvalue weighted by atomic mass is 16.2. The number of aromatic nitrogens is 2. The van der Waals surface area contributed by atoms with Crippen molar-refractivity contribution in [1.82, 2.24) is 24.3 Å².